The molecule has 1 aromatic rings. The molecular weight excluding hydrogens is 576 g/mol. The van der Waals surface area contributed by atoms with Crippen LogP contribution in [0.1, 0.15) is 77.1 Å². The van der Waals surface area contributed by atoms with E-state index in [0.29, 0.717) is 36.5 Å². The lowest BCUT2D eigenvalue weighted by molar-refractivity contribution is -0.354. The normalized spacial score (nSPS) is 20.3. The third kappa shape index (κ3) is 12.3. The van der Waals surface area contributed by atoms with Crippen LogP contribution in [0.4, 0.5) is 9.59 Å². The van der Waals surface area contributed by atoms with Crippen LogP contribution < -0.4 is 15.4 Å². The van der Waals surface area contributed by atoms with Crippen molar-refractivity contribution in [3.8, 4) is 5.75 Å². The number of carbonyl (C=O) groups is 3. The van der Waals surface area contributed by atoms with Crippen molar-refractivity contribution in [3.05, 3.63) is 29.8 Å². The van der Waals surface area contributed by atoms with Crippen LogP contribution in [-0.4, -0.2) is 86.7 Å². The van der Waals surface area contributed by atoms with Crippen molar-refractivity contribution in [1.82, 2.24) is 10.6 Å². The Bertz CT molecular complexity index is 1050. The molecule has 1 aromatic carbocycles. The van der Waals surface area contributed by atoms with E-state index < -0.39 is 17.7 Å². The van der Waals surface area contributed by atoms with E-state index in [1.165, 1.54) is 46.9 Å². The Kier molecular flexibility index (Phi) is 13.8. The number of hydrogen-bond acceptors (Lipinski definition) is 10. The molecule has 1 fully saturated rings. The molecule has 1 aliphatic carbocycles. The van der Waals surface area contributed by atoms with Crippen LogP contribution in [0.3, 0.4) is 0 Å². The van der Waals surface area contributed by atoms with Crippen LogP contribution in [0.2, 0.25) is 0 Å². The van der Waals surface area contributed by atoms with E-state index in [-0.39, 0.29) is 41.1 Å². The number of Topliss-reactive ketones (excluding diaryl/α,β-unsaturated/α-hetero) is 1. The second-order valence-electron chi connectivity index (χ2n) is 12.7. The maximum atomic E-state index is 12.7. The summed E-state index contributed by atoms with van der Waals surface area (Å²) < 4.78 is 26.8. The minimum atomic E-state index is -1.45. The number of ether oxygens (including phenoxy) is 5. The van der Waals surface area contributed by atoms with Gasteiger partial charge in [-0.1, -0.05) is 32.5 Å². The summed E-state index contributed by atoms with van der Waals surface area (Å²) in [7, 11) is 4.56. The second kappa shape index (κ2) is 16.1. The SMILES string of the molecule is COC(CCCSC(=O)NC1CC(C)(C)CC(C)(CNC(=O)OCCOc2ccc(C(=O)C(C)(C)O)cc2)C1)(OC)OC. The molecule has 0 bridgehead atoms. The molecule has 0 spiro atoms. The molecule has 2 amide bonds. The van der Waals surface area contributed by atoms with Crippen LogP contribution in [-0.2, 0) is 18.9 Å². The Labute approximate surface area is 260 Å². The van der Waals surface area contributed by atoms with Crippen molar-refractivity contribution >= 4 is 28.9 Å². The first-order chi connectivity index (χ1) is 20.1. The Hall–Kier alpha value is -2.38. The summed E-state index contributed by atoms with van der Waals surface area (Å²) in [5, 5.41) is 15.8. The van der Waals surface area contributed by atoms with Gasteiger partial charge in [0.05, 0.1) is 0 Å². The van der Waals surface area contributed by atoms with Gasteiger partial charge in [-0.15, -0.1) is 0 Å². The van der Waals surface area contributed by atoms with Gasteiger partial charge in [0.15, 0.2) is 5.78 Å². The molecule has 0 aromatic heterocycles. The van der Waals surface area contributed by atoms with Crippen LogP contribution >= 0.6 is 11.8 Å². The fourth-order valence-corrected chi connectivity index (χ4v) is 6.50. The molecule has 1 saturated carbocycles. The van der Waals surface area contributed by atoms with Crippen molar-refractivity contribution in [2.75, 3.05) is 46.8 Å². The first-order valence-electron chi connectivity index (χ1n) is 14.6. The summed E-state index contributed by atoms with van der Waals surface area (Å²) in [5.41, 5.74) is -1.31. The van der Waals surface area contributed by atoms with E-state index in [1.54, 1.807) is 24.3 Å². The number of alkyl carbamates (subject to hydrolysis) is 1. The van der Waals surface area contributed by atoms with Gasteiger partial charge in [0.2, 0.25) is 0 Å². The number of amides is 2. The summed E-state index contributed by atoms with van der Waals surface area (Å²) in [5.74, 6) is -0.354. The van der Waals surface area contributed by atoms with Crippen molar-refractivity contribution in [2.24, 2.45) is 10.8 Å². The first kappa shape index (κ1) is 36.8. The van der Waals surface area contributed by atoms with Crippen molar-refractivity contribution in [3.63, 3.8) is 0 Å². The van der Waals surface area contributed by atoms with Gasteiger partial charge in [-0.25, -0.2) is 4.79 Å². The smallest absolute Gasteiger partial charge is 0.407 e. The standard InChI is InChI=1S/C31H50N2O9S/c1-28(2)18-23(33-27(36)43-17-9-14-31(38-6,39-7)40-8)19-30(5,20-28)21-32-26(35)42-16-15-41-24-12-10-22(11-13-24)25(34)29(3,4)37/h10-13,23,37H,9,14-21H2,1-8H3,(H,32,35)(H,33,36). The van der Waals surface area contributed by atoms with Crippen LogP contribution in [0.5, 0.6) is 5.75 Å². The van der Waals surface area contributed by atoms with E-state index in [2.05, 4.69) is 31.4 Å². The van der Waals surface area contributed by atoms with E-state index in [0.717, 1.165) is 19.3 Å². The quantitative estimate of drug-likeness (QED) is 0.128. The minimum Gasteiger partial charge on any atom is -0.490 e. The van der Waals surface area contributed by atoms with Crippen LogP contribution in [0.25, 0.3) is 0 Å². The predicted octanol–water partition coefficient (Wildman–Crippen LogP) is 5.15. The number of nitrogens with one attached hydrogen (secondary N) is 2. The summed E-state index contributed by atoms with van der Waals surface area (Å²) in [6.07, 6.45) is 3.12. The zero-order valence-corrected chi connectivity index (χ0v) is 27.7. The van der Waals surface area contributed by atoms with Gasteiger partial charge >= 0.3 is 6.09 Å². The average molecular weight is 627 g/mol. The number of aliphatic hydroxyl groups is 1. The lowest BCUT2D eigenvalue weighted by Gasteiger charge is -2.46. The van der Waals surface area contributed by atoms with Gasteiger partial charge in [-0.3, -0.25) is 9.59 Å². The van der Waals surface area contributed by atoms with Gasteiger partial charge in [0.1, 0.15) is 24.6 Å². The van der Waals surface area contributed by atoms with E-state index in [9.17, 15) is 19.5 Å². The van der Waals surface area contributed by atoms with Crippen molar-refractivity contribution in [2.45, 2.75) is 84.3 Å². The monoisotopic (exact) mass is 626 g/mol. The molecule has 2 rings (SSSR count). The molecule has 2 unspecified atom stereocenters. The molecule has 11 nitrogen and oxygen atoms in total. The lowest BCUT2D eigenvalue weighted by Crippen LogP contribution is -2.50. The summed E-state index contributed by atoms with van der Waals surface area (Å²) >= 11 is 1.23. The Morgan fingerprint density at radius 3 is 2.21 bits per heavy atom. The number of carbonyl (C=O) groups excluding carboxylic acids is 3. The fourth-order valence-electron chi connectivity index (χ4n) is 5.77. The largest absolute Gasteiger partial charge is 0.490 e. The maximum absolute atomic E-state index is 12.7. The van der Waals surface area contributed by atoms with E-state index in [1.807, 2.05) is 0 Å². The topological polar surface area (TPSA) is 142 Å². The van der Waals surface area contributed by atoms with E-state index >= 15 is 0 Å². The van der Waals surface area contributed by atoms with E-state index in [4.69, 9.17) is 23.7 Å². The molecule has 2 atom stereocenters. The van der Waals surface area contributed by atoms with Gasteiger partial charge in [0.25, 0.3) is 11.2 Å². The van der Waals surface area contributed by atoms with Crippen LogP contribution in [0.15, 0.2) is 24.3 Å². The molecule has 0 saturated heterocycles. The highest BCUT2D eigenvalue weighted by molar-refractivity contribution is 8.13. The number of ketones is 1. The molecule has 0 radical (unpaired) electrons. The number of thioether (sulfide) groups is 1. The third-order valence-corrected chi connectivity index (χ3v) is 8.35. The average Bonchev–Trinajstić information content (AvgIpc) is 2.93. The maximum Gasteiger partial charge on any atom is 0.407 e. The Balaban J connectivity index is 1.75. The number of methoxy groups -OCH3 is 3. The van der Waals surface area contributed by atoms with Gasteiger partial charge in [0, 0.05) is 51.7 Å². The summed E-state index contributed by atoms with van der Waals surface area (Å²) in [4.78, 5) is 37.2. The second-order valence-corrected chi connectivity index (χ2v) is 13.8. The number of hydrogen-bond donors (Lipinski definition) is 3. The molecule has 3 N–H and O–H groups in total. The lowest BCUT2D eigenvalue weighted by atomic mass is 9.62. The molecule has 0 aliphatic heterocycles. The minimum absolute atomic E-state index is 0.0129. The van der Waals surface area contributed by atoms with Crippen LogP contribution in [0, 0.1) is 10.8 Å². The van der Waals surface area contributed by atoms with Gasteiger partial charge < -0.3 is 39.4 Å². The highest BCUT2D eigenvalue weighted by Crippen LogP contribution is 2.46. The highest BCUT2D eigenvalue weighted by Gasteiger charge is 2.42. The number of rotatable bonds is 16. The fraction of sp³-hybridized carbons (Fsp3) is 0.710. The molecule has 43 heavy (non-hydrogen) atoms. The zero-order chi connectivity index (χ0) is 32.3. The molecule has 1 aliphatic rings. The molecule has 12 heteroatoms. The predicted molar refractivity (Wildman–Crippen MR) is 165 cm³/mol. The summed E-state index contributed by atoms with van der Waals surface area (Å²) in [6.45, 7) is 9.97. The van der Waals surface area contributed by atoms with Crippen molar-refractivity contribution in [1.29, 1.82) is 0 Å². The van der Waals surface area contributed by atoms with Gasteiger partial charge in [-0.05, 0) is 74.6 Å². The molecular formula is C31H50N2O9S. The zero-order valence-electron chi connectivity index (χ0n) is 26.9. The number of benzene rings is 1. The first-order valence-corrected chi connectivity index (χ1v) is 15.5. The highest BCUT2D eigenvalue weighted by atomic mass is 32.2. The third-order valence-electron chi connectivity index (χ3n) is 7.48. The van der Waals surface area contributed by atoms with Gasteiger partial charge in [-0.2, -0.15) is 0 Å². The summed E-state index contributed by atoms with van der Waals surface area (Å²) in [6, 6.07) is 6.42. The molecule has 244 valence electrons. The van der Waals surface area contributed by atoms with Crippen molar-refractivity contribution < 1.29 is 43.2 Å². The Morgan fingerprint density at radius 2 is 1.63 bits per heavy atom. The molecule has 0 heterocycles. The Morgan fingerprint density at radius 1 is 1.00 bits per heavy atom.